The third-order valence-corrected chi connectivity index (χ3v) is 15.4. The van der Waals surface area contributed by atoms with Crippen LogP contribution in [0.15, 0.2) is 18.2 Å². The third kappa shape index (κ3) is 5.54. The number of carbonyl (C=O) groups excluding carboxylic acids is 2. The van der Waals surface area contributed by atoms with E-state index in [1.807, 2.05) is 4.68 Å². The second-order valence-electron chi connectivity index (χ2n) is 13.0. The number of nitrogens with one attached hydrogen (secondary N) is 1. The van der Waals surface area contributed by atoms with Gasteiger partial charge in [0, 0.05) is 25.1 Å². The fraction of sp³-hybridized carbons (Fsp3) is 0.656. The van der Waals surface area contributed by atoms with E-state index in [2.05, 4.69) is 72.0 Å². The summed E-state index contributed by atoms with van der Waals surface area (Å²) in [5, 5.41) is 8.09. The Kier molecular flexibility index (Phi) is 8.55. The normalized spacial score (nSPS) is 18.9. The molecule has 2 aromatic rings. The van der Waals surface area contributed by atoms with E-state index >= 15 is 0 Å². The summed E-state index contributed by atoms with van der Waals surface area (Å²) in [6.07, 6.45) is 4.77. The summed E-state index contributed by atoms with van der Waals surface area (Å²) in [7, 11) is -2.24. The topological polar surface area (TPSA) is 85.7 Å². The SMILES string of the molecule is CCCCOC(=O)N1CCc2c3c(nn2-c2ccc(C4CC4)cc2O[Si](C(C)C)(C(C)C)C(C)C)CC(=O)NC[C@@H]31. The summed E-state index contributed by atoms with van der Waals surface area (Å²) < 4.78 is 15.0. The Morgan fingerprint density at radius 2 is 1.83 bits per heavy atom. The molecule has 2 aliphatic heterocycles. The van der Waals surface area contributed by atoms with Gasteiger partial charge in [-0.15, -0.1) is 0 Å². The maximum atomic E-state index is 13.1. The van der Waals surface area contributed by atoms with Gasteiger partial charge in [-0.25, -0.2) is 9.48 Å². The lowest BCUT2D eigenvalue weighted by atomic mass is 9.96. The van der Waals surface area contributed by atoms with Crippen LogP contribution in [0.25, 0.3) is 5.69 Å². The summed E-state index contributed by atoms with van der Waals surface area (Å²) in [6, 6.07) is 6.37. The predicted molar refractivity (Wildman–Crippen MR) is 163 cm³/mol. The molecule has 1 atom stereocenters. The first-order chi connectivity index (χ1) is 19.6. The Labute approximate surface area is 246 Å². The number of nitrogens with zero attached hydrogens (tertiary/aromatic N) is 3. The molecular formula is C32H48N4O4Si. The van der Waals surface area contributed by atoms with Gasteiger partial charge >= 0.3 is 6.09 Å². The van der Waals surface area contributed by atoms with Gasteiger partial charge in [0.05, 0.1) is 30.5 Å². The zero-order valence-corrected chi connectivity index (χ0v) is 27.0. The van der Waals surface area contributed by atoms with Crippen LogP contribution in [0.1, 0.15) is 109 Å². The standard InChI is InChI=1S/C32H48N4O4Si/c1-8-9-16-39-32(38)35-15-14-27-31-25(18-30(37)33-19-28(31)35)34-36(27)26-13-12-24(23-10-11-23)17-29(26)40-41(20(2)3,21(4)5)22(6)7/h12-13,17,20-23,28H,8-11,14-16,18-19H2,1-7H3,(H,33,37)/t28-/m0/s1. The fourth-order valence-corrected chi connectivity index (χ4v) is 12.5. The van der Waals surface area contributed by atoms with Gasteiger partial charge in [-0.05, 0) is 59.5 Å². The van der Waals surface area contributed by atoms with Crippen molar-refractivity contribution in [3.63, 3.8) is 0 Å². The molecule has 0 saturated heterocycles. The molecular weight excluding hydrogens is 532 g/mol. The Hall–Kier alpha value is -2.81. The lowest BCUT2D eigenvalue weighted by Crippen LogP contribution is -2.51. The first-order valence-corrected chi connectivity index (χ1v) is 17.9. The highest BCUT2D eigenvalue weighted by Gasteiger charge is 2.48. The highest BCUT2D eigenvalue weighted by atomic mass is 28.4. The largest absolute Gasteiger partial charge is 0.541 e. The van der Waals surface area contributed by atoms with Crippen molar-refractivity contribution in [1.82, 2.24) is 20.0 Å². The molecule has 1 fully saturated rings. The minimum Gasteiger partial charge on any atom is -0.541 e. The second kappa shape index (κ2) is 11.8. The van der Waals surface area contributed by atoms with Crippen LogP contribution in [0.2, 0.25) is 16.6 Å². The van der Waals surface area contributed by atoms with Crippen molar-refractivity contribution in [2.45, 2.75) is 116 Å². The summed E-state index contributed by atoms with van der Waals surface area (Å²) in [4.78, 5) is 27.7. The molecule has 8 nitrogen and oxygen atoms in total. The zero-order valence-electron chi connectivity index (χ0n) is 26.0. The molecule has 3 aliphatic rings. The van der Waals surface area contributed by atoms with E-state index in [0.717, 1.165) is 41.2 Å². The van der Waals surface area contributed by atoms with Crippen LogP contribution in [-0.4, -0.2) is 54.7 Å². The molecule has 1 aromatic carbocycles. The molecule has 0 spiro atoms. The molecule has 0 unspecified atom stereocenters. The lowest BCUT2D eigenvalue weighted by molar-refractivity contribution is -0.120. The van der Waals surface area contributed by atoms with Crippen molar-refractivity contribution in [2.24, 2.45) is 0 Å². The zero-order chi connectivity index (χ0) is 29.5. The molecule has 2 amide bonds. The molecule has 1 N–H and O–H groups in total. The van der Waals surface area contributed by atoms with E-state index in [9.17, 15) is 9.59 Å². The van der Waals surface area contributed by atoms with Gasteiger partial charge in [0.1, 0.15) is 11.4 Å². The maximum absolute atomic E-state index is 13.1. The molecule has 1 aromatic heterocycles. The van der Waals surface area contributed by atoms with Crippen molar-refractivity contribution < 1.29 is 18.8 Å². The second-order valence-corrected chi connectivity index (χ2v) is 18.4. The van der Waals surface area contributed by atoms with Crippen LogP contribution in [-0.2, 0) is 22.4 Å². The maximum Gasteiger partial charge on any atom is 0.410 e. The van der Waals surface area contributed by atoms with Crippen LogP contribution in [0.5, 0.6) is 5.75 Å². The van der Waals surface area contributed by atoms with Gasteiger partial charge in [-0.3, -0.25) is 9.69 Å². The molecule has 9 heteroatoms. The van der Waals surface area contributed by atoms with Crippen molar-refractivity contribution in [2.75, 3.05) is 19.7 Å². The Morgan fingerprint density at radius 3 is 2.46 bits per heavy atom. The summed E-state index contributed by atoms with van der Waals surface area (Å²) in [5.74, 6) is 1.44. The molecule has 1 aliphatic carbocycles. The Morgan fingerprint density at radius 1 is 1.12 bits per heavy atom. The number of hydrogen-bond acceptors (Lipinski definition) is 5. The van der Waals surface area contributed by atoms with Gasteiger partial charge < -0.3 is 14.5 Å². The van der Waals surface area contributed by atoms with Crippen molar-refractivity contribution in [3.05, 3.63) is 40.7 Å². The van der Waals surface area contributed by atoms with Crippen LogP contribution in [0, 0.1) is 0 Å². The van der Waals surface area contributed by atoms with E-state index in [1.165, 1.54) is 18.4 Å². The summed E-state index contributed by atoms with van der Waals surface area (Å²) in [6.45, 7) is 17.2. The molecule has 0 radical (unpaired) electrons. The van der Waals surface area contributed by atoms with Gasteiger partial charge in [0.25, 0.3) is 8.32 Å². The number of amides is 2. The first kappa shape index (κ1) is 29.7. The summed E-state index contributed by atoms with van der Waals surface area (Å²) in [5.41, 5.74) is 6.38. The Bertz CT molecular complexity index is 1260. The van der Waals surface area contributed by atoms with Gasteiger partial charge in [-0.2, -0.15) is 5.10 Å². The van der Waals surface area contributed by atoms with E-state index in [4.69, 9.17) is 14.3 Å². The van der Waals surface area contributed by atoms with Gasteiger partial charge in [0.15, 0.2) is 0 Å². The molecule has 0 bridgehead atoms. The van der Waals surface area contributed by atoms with E-state index in [1.54, 1.807) is 4.90 Å². The summed E-state index contributed by atoms with van der Waals surface area (Å²) >= 11 is 0. The highest BCUT2D eigenvalue weighted by Crippen LogP contribution is 2.47. The molecule has 3 heterocycles. The number of benzene rings is 1. The average molecular weight is 581 g/mol. The van der Waals surface area contributed by atoms with E-state index < -0.39 is 8.32 Å². The fourth-order valence-electron chi connectivity index (χ4n) is 7.25. The monoisotopic (exact) mass is 580 g/mol. The van der Waals surface area contributed by atoms with E-state index in [-0.39, 0.29) is 24.5 Å². The first-order valence-electron chi connectivity index (χ1n) is 15.7. The highest BCUT2D eigenvalue weighted by molar-refractivity contribution is 6.78. The van der Waals surface area contributed by atoms with Crippen LogP contribution < -0.4 is 9.74 Å². The minimum absolute atomic E-state index is 0.0717. The number of ether oxygens (including phenoxy) is 1. The average Bonchev–Trinajstić information content (AvgIpc) is 3.73. The van der Waals surface area contributed by atoms with Crippen molar-refractivity contribution in [1.29, 1.82) is 0 Å². The number of carbonyl (C=O) groups is 2. The van der Waals surface area contributed by atoms with Crippen LogP contribution in [0.3, 0.4) is 0 Å². The number of aromatic nitrogens is 2. The van der Waals surface area contributed by atoms with Crippen molar-refractivity contribution in [3.8, 4) is 11.4 Å². The third-order valence-electron chi connectivity index (χ3n) is 9.43. The van der Waals surface area contributed by atoms with Crippen molar-refractivity contribution >= 4 is 20.3 Å². The number of hydrogen-bond donors (Lipinski definition) is 1. The molecule has 1 saturated carbocycles. The minimum atomic E-state index is -2.24. The quantitative estimate of drug-likeness (QED) is 0.246. The van der Waals surface area contributed by atoms with Gasteiger partial charge in [0.2, 0.25) is 5.91 Å². The number of unbranched alkanes of at least 4 members (excludes halogenated alkanes) is 1. The predicted octanol–water partition coefficient (Wildman–Crippen LogP) is 6.81. The lowest BCUT2D eigenvalue weighted by Gasteiger charge is -2.42. The van der Waals surface area contributed by atoms with Crippen LogP contribution >= 0.6 is 0 Å². The van der Waals surface area contributed by atoms with Gasteiger partial charge in [-0.1, -0.05) is 61.0 Å². The molecule has 224 valence electrons. The van der Waals surface area contributed by atoms with E-state index in [0.29, 0.717) is 48.7 Å². The van der Waals surface area contributed by atoms with Crippen LogP contribution in [0.4, 0.5) is 4.79 Å². The Balaban J connectivity index is 1.60. The smallest absolute Gasteiger partial charge is 0.410 e. The number of rotatable bonds is 10. The molecule has 5 rings (SSSR count). The molecule has 41 heavy (non-hydrogen) atoms.